The summed E-state index contributed by atoms with van der Waals surface area (Å²) in [7, 11) is 0. The maximum absolute atomic E-state index is 2.80. The van der Waals surface area contributed by atoms with Crippen molar-refractivity contribution in [1.29, 1.82) is 0 Å². The van der Waals surface area contributed by atoms with Gasteiger partial charge in [0.05, 0.1) is 0 Å². The smallest absolute Gasteiger partial charge is 0.00954 e. The molecule has 5 aliphatic rings. The van der Waals surface area contributed by atoms with Gasteiger partial charge in [0.2, 0.25) is 0 Å². The SMILES string of the molecule is CCN(CC)C1CCC(C(=C/C=C/C2C3CCCCC3CC3CCCCC32)C2CCC(N(CC)CC)CC2)CC1. The van der Waals surface area contributed by atoms with Crippen molar-refractivity contribution in [2.24, 2.45) is 41.4 Å². The Morgan fingerprint density at radius 1 is 0.550 bits per heavy atom. The molecule has 0 radical (unpaired) electrons. The van der Waals surface area contributed by atoms with Crippen molar-refractivity contribution < 1.29 is 0 Å². The number of nitrogens with zero attached hydrogens (tertiary/aromatic N) is 2. The summed E-state index contributed by atoms with van der Waals surface area (Å²) in [6, 6.07) is 1.66. The zero-order chi connectivity index (χ0) is 27.9. The second-order valence-corrected chi connectivity index (χ2v) is 14.7. The molecule has 0 aromatic carbocycles. The molecule has 0 heterocycles. The standard InChI is InChI=1S/C38H66N2/c1-5-39(6-2)33-24-20-29(21-25-33)35(30-22-26-34(27-23-30)40(7-3)8-4)18-13-19-38-36-16-11-9-14-31(36)28-32-15-10-12-17-37(32)38/h13,18-19,29-34,36-38H,5-12,14-17,20-28H2,1-4H3/b19-13+,35-18?. The van der Waals surface area contributed by atoms with E-state index >= 15 is 0 Å². The first-order valence-electron chi connectivity index (χ1n) is 18.5. The maximum atomic E-state index is 2.80. The van der Waals surface area contributed by atoms with Crippen LogP contribution in [0.4, 0.5) is 0 Å². The lowest BCUT2D eigenvalue weighted by Gasteiger charge is -2.50. The molecule has 228 valence electrons. The third-order valence-corrected chi connectivity index (χ3v) is 13.1. The molecule has 0 amide bonds. The van der Waals surface area contributed by atoms with Crippen molar-refractivity contribution in [3.63, 3.8) is 0 Å². The van der Waals surface area contributed by atoms with E-state index in [4.69, 9.17) is 0 Å². The second-order valence-electron chi connectivity index (χ2n) is 14.7. The minimum atomic E-state index is 0.829. The van der Waals surface area contributed by atoms with E-state index in [9.17, 15) is 0 Å². The molecule has 5 aliphatic carbocycles. The van der Waals surface area contributed by atoms with E-state index in [2.05, 4.69) is 55.7 Å². The van der Waals surface area contributed by atoms with Gasteiger partial charge < -0.3 is 9.80 Å². The zero-order valence-electron chi connectivity index (χ0n) is 27.2. The number of hydrogen-bond donors (Lipinski definition) is 0. The third kappa shape index (κ3) is 7.12. The van der Waals surface area contributed by atoms with Gasteiger partial charge in [-0.1, -0.05) is 90.0 Å². The van der Waals surface area contributed by atoms with Crippen molar-refractivity contribution in [2.75, 3.05) is 26.2 Å². The predicted molar refractivity (Wildman–Crippen MR) is 174 cm³/mol. The number of allylic oxidation sites excluding steroid dienone is 4. The molecule has 0 bridgehead atoms. The molecule has 2 heteroatoms. The fourth-order valence-corrected chi connectivity index (χ4v) is 11.0. The quantitative estimate of drug-likeness (QED) is 0.250. The van der Waals surface area contributed by atoms with Crippen molar-refractivity contribution >= 4 is 0 Å². The van der Waals surface area contributed by atoms with Gasteiger partial charge in [-0.3, -0.25) is 0 Å². The molecule has 40 heavy (non-hydrogen) atoms. The second kappa shape index (κ2) is 15.2. The van der Waals surface area contributed by atoms with Gasteiger partial charge in [0.1, 0.15) is 0 Å². The molecule has 4 unspecified atom stereocenters. The van der Waals surface area contributed by atoms with Crippen LogP contribution in [0.15, 0.2) is 23.8 Å². The summed E-state index contributed by atoms with van der Waals surface area (Å²) in [6.07, 6.45) is 33.2. The summed E-state index contributed by atoms with van der Waals surface area (Å²) < 4.78 is 0. The summed E-state index contributed by atoms with van der Waals surface area (Å²) in [5, 5.41) is 0. The average Bonchev–Trinajstić information content (AvgIpc) is 3.01. The maximum Gasteiger partial charge on any atom is 0.00954 e. The van der Waals surface area contributed by atoms with Gasteiger partial charge in [0, 0.05) is 12.1 Å². The van der Waals surface area contributed by atoms with Gasteiger partial charge in [-0.2, -0.15) is 0 Å². The Morgan fingerprint density at radius 2 is 0.975 bits per heavy atom. The first-order chi connectivity index (χ1) is 19.7. The molecule has 5 fully saturated rings. The van der Waals surface area contributed by atoms with E-state index in [1.54, 1.807) is 6.42 Å². The Kier molecular flexibility index (Phi) is 11.7. The molecule has 0 aromatic heterocycles. The molecule has 0 spiro atoms. The topological polar surface area (TPSA) is 6.48 Å². The largest absolute Gasteiger partial charge is 0.301 e. The molecule has 5 rings (SSSR count). The van der Waals surface area contributed by atoms with Crippen LogP contribution in [0.1, 0.15) is 137 Å². The lowest BCUT2D eigenvalue weighted by atomic mass is 9.55. The van der Waals surface area contributed by atoms with Gasteiger partial charge in [-0.05, 0) is 138 Å². The highest BCUT2D eigenvalue weighted by molar-refractivity contribution is 5.21. The third-order valence-electron chi connectivity index (χ3n) is 13.1. The lowest BCUT2D eigenvalue weighted by Crippen LogP contribution is -2.42. The molecule has 4 atom stereocenters. The summed E-state index contributed by atoms with van der Waals surface area (Å²) >= 11 is 0. The number of fused-ring (bicyclic) bond motifs is 2. The first-order valence-corrected chi connectivity index (χ1v) is 18.5. The fourth-order valence-electron chi connectivity index (χ4n) is 11.0. The molecule has 0 saturated heterocycles. The Balaban J connectivity index is 1.32. The fraction of sp³-hybridized carbons (Fsp3) is 0.895. The van der Waals surface area contributed by atoms with Crippen LogP contribution in [-0.4, -0.2) is 48.1 Å². The molecule has 5 saturated carbocycles. The van der Waals surface area contributed by atoms with Crippen LogP contribution in [0, 0.1) is 41.4 Å². The predicted octanol–water partition coefficient (Wildman–Crippen LogP) is 9.90. The zero-order valence-corrected chi connectivity index (χ0v) is 27.2. The Morgan fingerprint density at radius 3 is 1.40 bits per heavy atom. The highest BCUT2D eigenvalue weighted by atomic mass is 15.1. The molecule has 0 aliphatic heterocycles. The van der Waals surface area contributed by atoms with Crippen LogP contribution in [0.25, 0.3) is 0 Å². The minimum absolute atomic E-state index is 0.829. The van der Waals surface area contributed by atoms with Crippen LogP contribution in [0.5, 0.6) is 0 Å². The first kappa shape index (κ1) is 30.8. The van der Waals surface area contributed by atoms with Crippen LogP contribution >= 0.6 is 0 Å². The van der Waals surface area contributed by atoms with Gasteiger partial charge >= 0.3 is 0 Å². The summed E-state index contributed by atoms with van der Waals surface area (Å²) in [5.41, 5.74) is 1.88. The van der Waals surface area contributed by atoms with Crippen molar-refractivity contribution in [3.05, 3.63) is 23.8 Å². The highest BCUT2D eigenvalue weighted by Crippen LogP contribution is 2.53. The summed E-state index contributed by atoms with van der Waals surface area (Å²) in [4.78, 5) is 5.47. The summed E-state index contributed by atoms with van der Waals surface area (Å²) in [6.45, 7) is 14.3. The van der Waals surface area contributed by atoms with E-state index in [1.807, 2.05) is 5.57 Å². The van der Waals surface area contributed by atoms with Gasteiger partial charge in [0.25, 0.3) is 0 Å². The van der Waals surface area contributed by atoms with Gasteiger partial charge in [-0.25, -0.2) is 0 Å². The van der Waals surface area contributed by atoms with E-state index in [0.29, 0.717) is 0 Å². The summed E-state index contributed by atoms with van der Waals surface area (Å²) in [5.74, 6) is 6.61. The van der Waals surface area contributed by atoms with Crippen LogP contribution < -0.4 is 0 Å². The van der Waals surface area contributed by atoms with Crippen molar-refractivity contribution in [2.45, 2.75) is 149 Å². The Labute approximate surface area is 249 Å². The average molecular weight is 551 g/mol. The van der Waals surface area contributed by atoms with Crippen LogP contribution in [-0.2, 0) is 0 Å². The van der Waals surface area contributed by atoms with Crippen LogP contribution in [0.3, 0.4) is 0 Å². The van der Waals surface area contributed by atoms with Crippen LogP contribution in [0.2, 0.25) is 0 Å². The molecule has 2 nitrogen and oxygen atoms in total. The van der Waals surface area contributed by atoms with Crippen molar-refractivity contribution in [3.8, 4) is 0 Å². The van der Waals surface area contributed by atoms with Crippen molar-refractivity contribution in [1.82, 2.24) is 9.80 Å². The Hall–Kier alpha value is -0.600. The monoisotopic (exact) mass is 551 g/mol. The normalized spacial score (nSPS) is 38.8. The highest BCUT2D eigenvalue weighted by Gasteiger charge is 2.44. The molecule has 0 aromatic rings. The molecular weight excluding hydrogens is 484 g/mol. The van der Waals surface area contributed by atoms with E-state index in [-0.39, 0.29) is 0 Å². The lowest BCUT2D eigenvalue weighted by molar-refractivity contribution is 0.0116. The van der Waals surface area contributed by atoms with Gasteiger partial charge in [-0.15, -0.1) is 0 Å². The number of rotatable bonds is 10. The Bertz CT molecular complexity index is 734. The molecular formula is C38H66N2. The number of hydrogen-bond acceptors (Lipinski definition) is 2. The van der Waals surface area contributed by atoms with E-state index < -0.39 is 0 Å². The van der Waals surface area contributed by atoms with E-state index in [0.717, 1.165) is 53.5 Å². The van der Waals surface area contributed by atoms with E-state index in [1.165, 1.54) is 129 Å². The minimum Gasteiger partial charge on any atom is -0.301 e. The van der Waals surface area contributed by atoms with Gasteiger partial charge in [0.15, 0.2) is 0 Å². The molecule has 0 N–H and O–H groups in total.